The van der Waals surface area contributed by atoms with Gasteiger partial charge in [0, 0.05) is 30.7 Å². The first-order valence-electron chi connectivity index (χ1n) is 5.48. The predicted octanol–water partition coefficient (Wildman–Crippen LogP) is 1.35. The van der Waals surface area contributed by atoms with Crippen LogP contribution in [0.4, 0.5) is 0 Å². The highest BCUT2D eigenvalue weighted by Gasteiger charge is 2.10. The van der Waals surface area contributed by atoms with Crippen LogP contribution in [0.3, 0.4) is 0 Å². The van der Waals surface area contributed by atoms with Crippen molar-refractivity contribution < 1.29 is 0 Å². The largest absolute Gasteiger partial charge is 0.304 e. The zero-order chi connectivity index (χ0) is 11.4. The second-order valence-electron chi connectivity index (χ2n) is 4.03. The molecule has 0 aliphatic heterocycles. The molecule has 86 valence electrons. The van der Waals surface area contributed by atoms with Gasteiger partial charge in [-0.05, 0) is 26.0 Å². The summed E-state index contributed by atoms with van der Waals surface area (Å²) in [6.07, 6.45) is 5.54. The molecule has 0 aromatic carbocycles. The van der Waals surface area contributed by atoms with Crippen molar-refractivity contribution in [3.05, 3.63) is 36.4 Å². The van der Waals surface area contributed by atoms with Gasteiger partial charge in [0.2, 0.25) is 0 Å². The number of hydrogen-bond donors (Lipinski definition) is 2. The maximum atomic E-state index is 4.18. The minimum atomic E-state index is 0.271. The molecule has 2 unspecified atom stereocenters. The highest BCUT2D eigenvalue weighted by molar-refractivity contribution is 5.03. The molecule has 0 bridgehead atoms. The molecule has 0 saturated carbocycles. The first-order valence-corrected chi connectivity index (χ1v) is 5.48. The first kappa shape index (κ1) is 10.9. The summed E-state index contributed by atoms with van der Waals surface area (Å²) >= 11 is 0. The summed E-state index contributed by atoms with van der Waals surface area (Å²) in [7, 11) is 0. The third-order valence-corrected chi connectivity index (χ3v) is 2.54. The summed E-state index contributed by atoms with van der Waals surface area (Å²) < 4.78 is 1.93. The lowest BCUT2D eigenvalue weighted by molar-refractivity contribution is 0.409. The Morgan fingerprint density at radius 1 is 1.44 bits per heavy atom. The van der Waals surface area contributed by atoms with E-state index < -0.39 is 0 Å². The summed E-state index contributed by atoms with van der Waals surface area (Å²) in [4.78, 5) is 0. The Kier molecular flexibility index (Phi) is 3.36. The SMILES string of the molecule is CC(Cn1cccn1)NC(C)c1ccn[nH]1. The molecule has 2 heterocycles. The highest BCUT2D eigenvalue weighted by atomic mass is 15.3. The van der Waals surface area contributed by atoms with E-state index in [2.05, 4.69) is 34.5 Å². The quantitative estimate of drug-likeness (QED) is 0.798. The third kappa shape index (κ3) is 2.70. The molecule has 0 aliphatic rings. The van der Waals surface area contributed by atoms with Crippen molar-refractivity contribution in [2.75, 3.05) is 0 Å². The van der Waals surface area contributed by atoms with Crippen molar-refractivity contribution in [3.8, 4) is 0 Å². The van der Waals surface area contributed by atoms with Gasteiger partial charge in [0.25, 0.3) is 0 Å². The van der Waals surface area contributed by atoms with Gasteiger partial charge in [-0.15, -0.1) is 0 Å². The van der Waals surface area contributed by atoms with Crippen LogP contribution in [0, 0.1) is 0 Å². The summed E-state index contributed by atoms with van der Waals surface area (Å²) in [6, 6.07) is 4.55. The van der Waals surface area contributed by atoms with Crippen molar-refractivity contribution in [1.29, 1.82) is 0 Å². The average Bonchev–Trinajstić information content (AvgIpc) is 2.88. The molecule has 2 rings (SSSR count). The van der Waals surface area contributed by atoms with Crippen LogP contribution >= 0.6 is 0 Å². The van der Waals surface area contributed by atoms with E-state index in [4.69, 9.17) is 0 Å². The van der Waals surface area contributed by atoms with Crippen LogP contribution in [0.5, 0.6) is 0 Å². The Hall–Kier alpha value is -1.62. The Bertz CT molecular complexity index is 392. The first-order chi connectivity index (χ1) is 7.75. The summed E-state index contributed by atoms with van der Waals surface area (Å²) in [5, 5.41) is 14.6. The fraction of sp³-hybridized carbons (Fsp3) is 0.455. The van der Waals surface area contributed by atoms with Gasteiger partial charge in [-0.1, -0.05) is 0 Å². The van der Waals surface area contributed by atoms with Gasteiger partial charge in [0.05, 0.1) is 12.2 Å². The highest BCUT2D eigenvalue weighted by Crippen LogP contribution is 2.08. The van der Waals surface area contributed by atoms with Gasteiger partial charge >= 0.3 is 0 Å². The van der Waals surface area contributed by atoms with Crippen LogP contribution in [0.1, 0.15) is 25.6 Å². The van der Waals surface area contributed by atoms with Gasteiger partial charge in [-0.25, -0.2) is 0 Å². The Morgan fingerprint density at radius 2 is 2.31 bits per heavy atom. The zero-order valence-corrected chi connectivity index (χ0v) is 9.59. The molecule has 2 N–H and O–H groups in total. The lowest BCUT2D eigenvalue weighted by Gasteiger charge is -2.18. The Balaban J connectivity index is 1.85. The number of nitrogens with zero attached hydrogens (tertiary/aromatic N) is 3. The molecule has 2 atom stereocenters. The van der Waals surface area contributed by atoms with E-state index in [1.165, 1.54) is 0 Å². The predicted molar refractivity (Wildman–Crippen MR) is 61.8 cm³/mol. The Labute approximate surface area is 94.9 Å². The van der Waals surface area contributed by atoms with Crippen LogP contribution in [-0.4, -0.2) is 26.0 Å². The van der Waals surface area contributed by atoms with Crippen molar-refractivity contribution >= 4 is 0 Å². The van der Waals surface area contributed by atoms with Crippen LogP contribution in [0.2, 0.25) is 0 Å². The van der Waals surface area contributed by atoms with E-state index in [0.29, 0.717) is 6.04 Å². The van der Waals surface area contributed by atoms with Crippen LogP contribution < -0.4 is 5.32 Å². The minimum Gasteiger partial charge on any atom is -0.304 e. The summed E-state index contributed by atoms with van der Waals surface area (Å²) in [5.41, 5.74) is 1.10. The van der Waals surface area contributed by atoms with Gasteiger partial charge in [0.1, 0.15) is 0 Å². The lowest BCUT2D eigenvalue weighted by Crippen LogP contribution is -2.33. The molecule has 0 aliphatic carbocycles. The molecule has 2 aromatic heterocycles. The normalized spacial score (nSPS) is 14.9. The van der Waals surface area contributed by atoms with Crippen LogP contribution in [-0.2, 0) is 6.54 Å². The van der Waals surface area contributed by atoms with Crippen molar-refractivity contribution in [1.82, 2.24) is 25.3 Å². The Morgan fingerprint density at radius 3 is 2.94 bits per heavy atom. The van der Waals surface area contributed by atoms with E-state index in [1.54, 1.807) is 12.4 Å². The number of nitrogens with one attached hydrogen (secondary N) is 2. The molecule has 0 spiro atoms. The number of rotatable bonds is 5. The van der Waals surface area contributed by atoms with Gasteiger partial charge in [-0.2, -0.15) is 10.2 Å². The zero-order valence-electron chi connectivity index (χ0n) is 9.59. The maximum absolute atomic E-state index is 4.18. The second-order valence-corrected chi connectivity index (χ2v) is 4.03. The molecule has 5 heteroatoms. The second kappa shape index (κ2) is 4.94. The third-order valence-electron chi connectivity index (χ3n) is 2.54. The molecule has 0 radical (unpaired) electrons. The minimum absolute atomic E-state index is 0.271. The van der Waals surface area contributed by atoms with Gasteiger partial charge < -0.3 is 5.32 Å². The van der Waals surface area contributed by atoms with E-state index in [0.717, 1.165) is 12.2 Å². The molecule has 0 amide bonds. The van der Waals surface area contributed by atoms with Gasteiger partial charge in [-0.3, -0.25) is 9.78 Å². The fourth-order valence-electron chi connectivity index (χ4n) is 1.77. The smallest absolute Gasteiger partial charge is 0.0560 e. The summed E-state index contributed by atoms with van der Waals surface area (Å²) in [6.45, 7) is 5.13. The van der Waals surface area contributed by atoms with Crippen LogP contribution in [0.25, 0.3) is 0 Å². The topological polar surface area (TPSA) is 58.5 Å². The molecule has 0 fully saturated rings. The molecular weight excluding hydrogens is 202 g/mol. The molecule has 2 aromatic rings. The van der Waals surface area contributed by atoms with E-state index >= 15 is 0 Å². The van der Waals surface area contributed by atoms with Crippen molar-refractivity contribution in [3.63, 3.8) is 0 Å². The average molecular weight is 219 g/mol. The molecule has 0 saturated heterocycles. The van der Waals surface area contributed by atoms with Gasteiger partial charge in [0.15, 0.2) is 0 Å². The molecule has 5 nitrogen and oxygen atoms in total. The molecular formula is C11H17N5. The standard InChI is InChI=1S/C11H17N5/c1-9(8-16-7-3-5-13-16)14-10(2)11-4-6-12-15-11/h3-7,9-10,14H,8H2,1-2H3,(H,12,15). The monoisotopic (exact) mass is 219 g/mol. The van der Waals surface area contributed by atoms with Crippen molar-refractivity contribution in [2.45, 2.75) is 32.5 Å². The van der Waals surface area contributed by atoms with E-state index in [9.17, 15) is 0 Å². The number of H-pyrrole nitrogens is 1. The van der Waals surface area contributed by atoms with Crippen molar-refractivity contribution in [2.24, 2.45) is 0 Å². The van der Waals surface area contributed by atoms with Crippen LogP contribution in [0.15, 0.2) is 30.7 Å². The van der Waals surface area contributed by atoms with E-state index in [-0.39, 0.29) is 6.04 Å². The van der Waals surface area contributed by atoms with E-state index in [1.807, 2.05) is 23.0 Å². The number of aromatic amines is 1. The number of aromatic nitrogens is 4. The number of hydrogen-bond acceptors (Lipinski definition) is 3. The summed E-state index contributed by atoms with van der Waals surface area (Å²) in [5.74, 6) is 0. The fourth-order valence-corrected chi connectivity index (χ4v) is 1.77. The lowest BCUT2D eigenvalue weighted by atomic mass is 10.2. The maximum Gasteiger partial charge on any atom is 0.0560 e. The molecule has 16 heavy (non-hydrogen) atoms.